The number of anilines is 1. The average molecular weight is 446 g/mol. The van der Waals surface area contributed by atoms with E-state index < -0.39 is 0 Å². The molecule has 0 spiro atoms. The molecule has 1 aliphatic heterocycles. The van der Waals surface area contributed by atoms with Gasteiger partial charge in [0.05, 0.1) is 0 Å². The van der Waals surface area contributed by atoms with Crippen LogP contribution in [0.3, 0.4) is 0 Å². The van der Waals surface area contributed by atoms with Gasteiger partial charge in [-0.15, -0.1) is 0 Å². The van der Waals surface area contributed by atoms with E-state index in [4.69, 9.17) is 4.52 Å². The van der Waals surface area contributed by atoms with Crippen LogP contribution in [0.1, 0.15) is 48.3 Å². The second kappa shape index (κ2) is 8.31. The van der Waals surface area contributed by atoms with Crippen LogP contribution in [-0.4, -0.2) is 54.8 Å². The summed E-state index contributed by atoms with van der Waals surface area (Å²) < 4.78 is 6.92. The van der Waals surface area contributed by atoms with Crippen molar-refractivity contribution in [3.05, 3.63) is 53.8 Å². The molecule has 1 N–H and O–H groups in total. The number of nitrogens with one attached hydrogen (secondary N) is 1. The minimum atomic E-state index is -0.0255. The number of aryl methyl sites for hydroxylation is 2. The molecule has 4 aromatic rings. The number of pyridine rings is 1. The Morgan fingerprint density at radius 3 is 2.82 bits per heavy atom. The van der Waals surface area contributed by atoms with Gasteiger partial charge in [0, 0.05) is 55.9 Å². The van der Waals surface area contributed by atoms with Crippen molar-refractivity contribution in [2.75, 3.05) is 18.4 Å². The van der Waals surface area contributed by atoms with Gasteiger partial charge in [0.1, 0.15) is 5.82 Å². The maximum absolute atomic E-state index is 13.0. The number of rotatable bonds is 5. The van der Waals surface area contributed by atoms with E-state index in [2.05, 4.69) is 39.4 Å². The fourth-order valence-corrected chi connectivity index (χ4v) is 4.38. The first-order chi connectivity index (χ1) is 15.9. The number of aromatic nitrogens is 5. The van der Waals surface area contributed by atoms with Gasteiger partial charge in [-0.25, -0.2) is 4.98 Å². The minimum absolute atomic E-state index is 0.0255. The number of carbonyl (C=O) groups excluding carboxylic acids is 1. The largest absolute Gasteiger partial charge is 0.365 e. The summed E-state index contributed by atoms with van der Waals surface area (Å²) in [5.74, 6) is 2.16. The third-order valence-corrected chi connectivity index (χ3v) is 6.09. The Bertz CT molecular complexity index is 1320. The van der Waals surface area contributed by atoms with Crippen LogP contribution < -0.4 is 5.32 Å². The first kappa shape index (κ1) is 21.1. The van der Waals surface area contributed by atoms with Crippen molar-refractivity contribution < 1.29 is 9.32 Å². The van der Waals surface area contributed by atoms with E-state index in [1.807, 2.05) is 42.3 Å². The highest BCUT2D eigenvalue weighted by molar-refractivity contribution is 5.95. The quantitative estimate of drug-likeness (QED) is 0.499. The second-order valence-corrected chi connectivity index (χ2v) is 8.85. The van der Waals surface area contributed by atoms with Crippen molar-refractivity contribution in [3.8, 4) is 11.4 Å². The third-order valence-electron chi connectivity index (χ3n) is 6.09. The zero-order chi connectivity index (χ0) is 23.1. The zero-order valence-corrected chi connectivity index (χ0v) is 19.2. The van der Waals surface area contributed by atoms with E-state index in [-0.39, 0.29) is 11.9 Å². The molecule has 1 amide bonds. The Morgan fingerprint density at radius 1 is 1.24 bits per heavy atom. The minimum Gasteiger partial charge on any atom is -0.365 e. The van der Waals surface area contributed by atoms with Gasteiger partial charge in [-0.1, -0.05) is 31.1 Å². The Morgan fingerprint density at radius 2 is 2.09 bits per heavy atom. The van der Waals surface area contributed by atoms with E-state index in [0.717, 1.165) is 34.3 Å². The van der Waals surface area contributed by atoms with Crippen LogP contribution in [-0.2, 0) is 7.05 Å². The Labute approximate surface area is 191 Å². The van der Waals surface area contributed by atoms with Crippen molar-refractivity contribution in [2.24, 2.45) is 7.05 Å². The number of amides is 1. The summed E-state index contributed by atoms with van der Waals surface area (Å²) in [6.45, 7) is 7.26. The summed E-state index contributed by atoms with van der Waals surface area (Å²) in [4.78, 5) is 23.8. The molecule has 9 heteroatoms. The van der Waals surface area contributed by atoms with Crippen molar-refractivity contribution in [1.29, 1.82) is 0 Å². The van der Waals surface area contributed by atoms with E-state index in [0.29, 0.717) is 36.4 Å². The zero-order valence-electron chi connectivity index (χ0n) is 19.2. The van der Waals surface area contributed by atoms with Gasteiger partial charge in [0.2, 0.25) is 11.7 Å². The highest BCUT2D eigenvalue weighted by atomic mass is 16.5. The molecule has 1 aromatic carbocycles. The standard InChI is InChI=1S/C24H27N7O2/c1-14(2)21-12-20(28-30(21)4)24(32)31-10-8-18(13-31)27-23-19-11-17(22-26-15(3)33-29-22)6-5-16(19)7-9-25-23/h5-7,9,11-12,14,18H,8,10,13H2,1-4H3,(H,25,27)/t18-/m0/s1. The Balaban J connectivity index is 1.34. The second-order valence-electron chi connectivity index (χ2n) is 8.85. The molecule has 5 rings (SSSR count). The van der Waals surface area contributed by atoms with Gasteiger partial charge in [0.15, 0.2) is 5.69 Å². The van der Waals surface area contributed by atoms with Gasteiger partial charge in [-0.3, -0.25) is 9.48 Å². The summed E-state index contributed by atoms with van der Waals surface area (Å²) in [7, 11) is 1.89. The molecule has 1 fully saturated rings. The lowest BCUT2D eigenvalue weighted by atomic mass is 10.1. The first-order valence-electron chi connectivity index (χ1n) is 11.2. The summed E-state index contributed by atoms with van der Waals surface area (Å²) >= 11 is 0. The van der Waals surface area contributed by atoms with Crippen molar-refractivity contribution in [1.82, 2.24) is 29.8 Å². The number of likely N-dealkylation sites (tertiary alicyclic amines) is 1. The molecule has 1 aliphatic rings. The summed E-state index contributed by atoms with van der Waals surface area (Å²) in [5.41, 5.74) is 2.43. The molecule has 0 saturated carbocycles. The van der Waals surface area contributed by atoms with Gasteiger partial charge in [-0.2, -0.15) is 10.1 Å². The maximum Gasteiger partial charge on any atom is 0.274 e. The van der Waals surface area contributed by atoms with Gasteiger partial charge >= 0.3 is 0 Å². The van der Waals surface area contributed by atoms with Crippen LogP contribution in [0.4, 0.5) is 5.82 Å². The fraction of sp³-hybridized carbons (Fsp3) is 0.375. The molecular formula is C24H27N7O2. The van der Waals surface area contributed by atoms with Crippen LogP contribution in [0.25, 0.3) is 22.2 Å². The van der Waals surface area contributed by atoms with Gasteiger partial charge in [-0.05, 0) is 35.9 Å². The molecule has 0 radical (unpaired) electrons. The van der Waals surface area contributed by atoms with Crippen molar-refractivity contribution in [2.45, 2.75) is 39.2 Å². The van der Waals surface area contributed by atoms with Crippen molar-refractivity contribution >= 4 is 22.5 Å². The lowest BCUT2D eigenvalue weighted by molar-refractivity contribution is 0.0785. The summed E-state index contributed by atoms with van der Waals surface area (Å²) in [6.07, 6.45) is 2.64. The van der Waals surface area contributed by atoms with E-state index in [1.54, 1.807) is 17.8 Å². The van der Waals surface area contributed by atoms with Gasteiger partial charge < -0.3 is 14.7 Å². The van der Waals surface area contributed by atoms with E-state index in [1.165, 1.54) is 0 Å². The van der Waals surface area contributed by atoms with Crippen LogP contribution in [0.5, 0.6) is 0 Å². The highest BCUT2D eigenvalue weighted by Crippen LogP contribution is 2.28. The predicted octanol–water partition coefficient (Wildman–Crippen LogP) is 3.78. The molecule has 0 aliphatic carbocycles. The van der Waals surface area contributed by atoms with E-state index >= 15 is 0 Å². The third kappa shape index (κ3) is 4.06. The molecular weight excluding hydrogens is 418 g/mol. The molecule has 0 unspecified atom stereocenters. The van der Waals surface area contributed by atoms with Crippen LogP contribution in [0, 0.1) is 6.92 Å². The summed E-state index contributed by atoms with van der Waals surface area (Å²) in [5, 5.41) is 14.1. The molecule has 0 bridgehead atoms. The number of carbonyl (C=O) groups is 1. The smallest absolute Gasteiger partial charge is 0.274 e. The first-order valence-corrected chi connectivity index (χ1v) is 11.2. The summed E-state index contributed by atoms with van der Waals surface area (Å²) in [6, 6.07) is 10.0. The predicted molar refractivity (Wildman–Crippen MR) is 125 cm³/mol. The molecule has 3 aromatic heterocycles. The lowest BCUT2D eigenvalue weighted by Crippen LogP contribution is -2.32. The highest BCUT2D eigenvalue weighted by Gasteiger charge is 2.29. The number of benzene rings is 1. The lowest BCUT2D eigenvalue weighted by Gasteiger charge is -2.17. The van der Waals surface area contributed by atoms with Crippen molar-refractivity contribution in [3.63, 3.8) is 0 Å². The number of fused-ring (bicyclic) bond motifs is 1. The number of hydrogen-bond acceptors (Lipinski definition) is 7. The fourth-order valence-electron chi connectivity index (χ4n) is 4.38. The molecule has 9 nitrogen and oxygen atoms in total. The number of hydrogen-bond donors (Lipinski definition) is 1. The molecule has 1 saturated heterocycles. The molecule has 170 valence electrons. The van der Waals surface area contributed by atoms with Crippen LogP contribution >= 0.6 is 0 Å². The monoisotopic (exact) mass is 445 g/mol. The SMILES string of the molecule is Cc1nc(-c2ccc3ccnc(N[C@H]4CCN(C(=O)c5cc(C(C)C)n(C)n5)C4)c3c2)no1. The van der Waals surface area contributed by atoms with Crippen LogP contribution in [0.15, 0.2) is 41.1 Å². The average Bonchev–Trinajstić information content (AvgIpc) is 3.53. The Hall–Kier alpha value is -3.75. The maximum atomic E-state index is 13.0. The van der Waals surface area contributed by atoms with Gasteiger partial charge in [0.25, 0.3) is 5.91 Å². The normalized spacial score (nSPS) is 16.2. The molecule has 1 atom stereocenters. The molecule has 33 heavy (non-hydrogen) atoms. The molecule has 4 heterocycles. The topological polar surface area (TPSA) is 102 Å². The van der Waals surface area contributed by atoms with E-state index in [9.17, 15) is 4.79 Å². The van der Waals surface area contributed by atoms with Crippen LogP contribution in [0.2, 0.25) is 0 Å². The Kier molecular flexibility index (Phi) is 5.32. The number of nitrogens with zero attached hydrogens (tertiary/aromatic N) is 6.